The summed E-state index contributed by atoms with van der Waals surface area (Å²) < 4.78 is 45.7. The Labute approximate surface area is 121 Å². The number of carbonyl (C=O) groups is 1. The Balaban J connectivity index is 2.69. The normalized spacial score (nSPS) is 24.6. The van der Waals surface area contributed by atoms with Crippen molar-refractivity contribution in [3.63, 3.8) is 0 Å². The van der Waals surface area contributed by atoms with E-state index in [2.05, 4.69) is 0 Å². The third kappa shape index (κ3) is 5.40. The Morgan fingerprint density at radius 1 is 1.05 bits per heavy atom. The Bertz CT molecular complexity index is 542. The lowest BCUT2D eigenvalue weighted by Gasteiger charge is -2.39. The van der Waals surface area contributed by atoms with Gasteiger partial charge in [-0.2, -0.15) is 0 Å². The van der Waals surface area contributed by atoms with Gasteiger partial charge in [-0.1, -0.05) is 0 Å². The zero-order valence-electron chi connectivity index (χ0n) is 12.2. The van der Waals surface area contributed by atoms with E-state index >= 15 is 0 Å². The van der Waals surface area contributed by atoms with Gasteiger partial charge < -0.3 is 4.90 Å². The van der Waals surface area contributed by atoms with Crippen LogP contribution in [0.25, 0.3) is 0 Å². The van der Waals surface area contributed by atoms with Gasteiger partial charge in [0, 0.05) is 18.3 Å². The summed E-state index contributed by atoms with van der Waals surface area (Å²) >= 11 is 0. The number of sulfone groups is 2. The summed E-state index contributed by atoms with van der Waals surface area (Å²) in [7, 11) is -7.02. The zero-order valence-corrected chi connectivity index (χ0v) is 13.8. The third-order valence-electron chi connectivity index (χ3n) is 3.59. The van der Waals surface area contributed by atoms with Gasteiger partial charge in [-0.25, -0.2) is 16.8 Å². The molecule has 1 aliphatic heterocycles. The molecule has 0 bridgehead atoms. The van der Waals surface area contributed by atoms with Crippen LogP contribution in [0.3, 0.4) is 0 Å². The molecule has 0 saturated carbocycles. The fourth-order valence-corrected chi connectivity index (χ4v) is 5.42. The number of hydrogen-bond donors (Lipinski definition) is 0. The van der Waals surface area contributed by atoms with Gasteiger partial charge in [0.15, 0.2) is 9.84 Å². The van der Waals surface area contributed by atoms with Crippen molar-refractivity contribution in [1.29, 1.82) is 0 Å². The Hall–Kier alpha value is -0.630. The predicted molar refractivity (Wildman–Crippen MR) is 78.0 cm³/mol. The monoisotopic (exact) mass is 325 g/mol. The molecule has 0 spiro atoms. The topological polar surface area (TPSA) is 88.6 Å². The van der Waals surface area contributed by atoms with E-state index < -0.39 is 42.8 Å². The minimum atomic E-state index is -3.68. The zero-order chi connectivity index (χ0) is 15.6. The maximum Gasteiger partial charge on any atom is 0.238 e. The van der Waals surface area contributed by atoms with Crippen LogP contribution in [-0.2, 0) is 24.5 Å². The lowest BCUT2D eigenvalue weighted by Crippen LogP contribution is -2.49. The van der Waals surface area contributed by atoms with E-state index in [1.54, 1.807) is 4.90 Å². The second-order valence-electron chi connectivity index (χ2n) is 5.65. The molecule has 1 amide bonds. The predicted octanol–water partition coefficient (Wildman–Crippen LogP) is 0.235. The first kappa shape index (κ1) is 17.4. The summed E-state index contributed by atoms with van der Waals surface area (Å²) in [6, 6.07) is 0.0766. The number of rotatable bonds is 5. The van der Waals surface area contributed by atoms with Crippen molar-refractivity contribution in [2.24, 2.45) is 0 Å². The van der Waals surface area contributed by atoms with E-state index in [1.807, 2.05) is 13.8 Å². The summed E-state index contributed by atoms with van der Waals surface area (Å²) in [5, 5.41) is 0. The second kappa shape index (κ2) is 6.43. The first-order valence-electron chi connectivity index (χ1n) is 6.71. The van der Waals surface area contributed by atoms with Crippen LogP contribution in [-0.4, -0.2) is 63.2 Å². The number of amides is 1. The molecule has 1 rings (SSSR count). The van der Waals surface area contributed by atoms with Gasteiger partial charge in [0.05, 0.1) is 11.5 Å². The van der Waals surface area contributed by atoms with Crippen molar-refractivity contribution in [2.45, 2.75) is 45.2 Å². The first-order valence-corrected chi connectivity index (χ1v) is 10.6. The molecule has 1 heterocycles. The minimum absolute atomic E-state index is 0.0383. The molecule has 0 aromatic heterocycles. The van der Waals surface area contributed by atoms with Gasteiger partial charge in [0.2, 0.25) is 5.91 Å². The van der Waals surface area contributed by atoms with E-state index in [9.17, 15) is 21.6 Å². The Morgan fingerprint density at radius 2 is 1.55 bits per heavy atom. The van der Waals surface area contributed by atoms with Crippen molar-refractivity contribution >= 4 is 25.6 Å². The summed E-state index contributed by atoms with van der Waals surface area (Å²) in [4.78, 5) is 13.8. The molecule has 0 aliphatic carbocycles. The lowest BCUT2D eigenvalue weighted by atomic mass is 9.98. The highest BCUT2D eigenvalue weighted by molar-refractivity contribution is 7.95. The van der Waals surface area contributed by atoms with Crippen LogP contribution in [0.1, 0.15) is 33.1 Å². The molecule has 118 valence electrons. The van der Waals surface area contributed by atoms with Crippen LogP contribution >= 0.6 is 0 Å². The maximum atomic E-state index is 12.2. The van der Waals surface area contributed by atoms with E-state index in [-0.39, 0.29) is 12.1 Å². The highest BCUT2D eigenvalue weighted by Gasteiger charge is 2.31. The third-order valence-corrected chi connectivity index (χ3v) is 6.31. The molecule has 1 fully saturated rings. The van der Waals surface area contributed by atoms with Gasteiger partial charge in [0.25, 0.3) is 0 Å². The van der Waals surface area contributed by atoms with Gasteiger partial charge in [-0.05, 0) is 33.1 Å². The Kier molecular flexibility index (Phi) is 5.60. The quantitative estimate of drug-likeness (QED) is 0.722. The fraction of sp³-hybridized carbons (Fsp3) is 0.917. The number of likely N-dealkylation sites (tertiary alicyclic amines) is 1. The van der Waals surface area contributed by atoms with Crippen molar-refractivity contribution in [3.05, 3.63) is 0 Å². The molecule has 0 radical (unpaired) electrons. The lowest BCUT2D eigenvalue weighted by molar-refractivity contribution is -0.134. The van der Waals surface area contributed by atoms with Crippen LogP contribution < -0.4 is 0 Å². The van der Waals surface area contributed by atoms with E-state index in [0.717, 1.165) is 25.5 Å². The minimum Gasteiger partial charge on any atom is -0.336 e. The van der Waals surface area contributed by atoms with Crippen LogP contribution in [0, 0.1) is 0 Å². The summed E-state index contributed by atoms with van der Waals surface area (Å²) in [6.45, 7) is 3.83. The van der Waals surface area contributed by atoms with Gasteiger partial charge in [0.1, 0.15) is 15.6 Å². The molecule has 1 aliphatic rings. The van der Waals surface area contributed by atoms with Crippen molar-refractivity contribution in [3.8, 4) is 0 Å². The summed E-state index contributed by atoms with van der Waals surface area (Å²) in [5.74, 6) is -1.95. The average Bonchev–Trinajstić information content (AvgIpc) is 2.24. The number of carbonyl (C=O) groups excluding carboxylic acids is 1. The molecule has 0 aromatic carbocycles. The fourth-order valence-electron chi connectivity index (χ4n) is 2.53. The number of hydrogen-bond acceptors (Lipinski definition) is 5. The molecular weight excluding hydrogens is 302 g/mol. The molecule has 2 atom stereocenters. The Morgan fingerprint density at radius 3 is 2.00 bits per heavy atom. The van der Waals surface area contributed by atoms with Crippen molar-refractivity contribution in [2.75, 3.05) is 23.5 Å². The standard InChI is InChI=1S/C12H23NO5S2/c1-10-5-4-6-11(2)13(10)12(14)9-20(17,18)8-7-19(3,15)16/h10-11H,4-9H2,1-3H3. The summed E-state index contributed by atoms with van der Waals surface area (Å²) in [6.07, 6.45) is 3.77. The molecule has 0 N–H and O–H groups in total. The molecular formula is C12H23NO5S2. The van der Waals surface area contributed by atoms with Crippen LogP contribution in [0.4, 0.5) is 0 Å². The average molecular weight is 325 g/mol. The van der Waals surface area contributed by atoms with Gasteiger partial charge in [-0.15, -0.1) is 0 Å². The number of nitrogens with zero attached hydrogens (tertiary/aromatic N) is 1. The maximum absolute atomic E-state index is 12.2. The van der Waals surface area contributed by atoms with Crippen LogP contribution in [0.2, 0.25) is 0 Å². The van der Waals surface area contributed by atoms with E-state index in [0.29, 0.717) is 0 Å². The highest BCUT2D eigenvalue weighted by atomic mass is 32.2. The SMILES string of the molecule is CC1CCCC(C)N1C(=O)CS(=O)(=O)CCS(C)(=O)=O. The number of piperidine rings is 1. The second-order valence-corrected chi connectivity index (χ2v) is 10.1. The van der Waals surface area contributed by atoms with Crippen molar-refractivity contribution in [1.82, 2.24) is 4.90 Å². The largest absolute Gasteiger partial charge is 0.336 e. The van der Waals surface area contributed by atoms with Crippen LogP contribution in [0.5, 0.6) is 0 Å². The molecule has 2 unspecified atom stereocenters. The van der Waals surface area contributed by atoms with E-state index in [1.165, 1.54) is 0 Å². The highest BCUT2D eigenvalue weighted by Crippen LogP contribution is 2.22. The van der Waals surface area contributed by atoms with Crippen LogP contribution in [0.15, 0.2) is 0 Å². The van der Waals surface area contributed by atoms with Gasteiger partial charge >= 0.3 is 0 Å². The summed E-state index contributed by atoms with van der Waals surface area (Å²) in [5.41, 5.74) is 0. The first-order chi connectivity index (χ1) is 9.02. The smallest absolute Gasteiger partial charge is 0.238 e. The van der Waals surface area contributed by atoms with Crippen molar-refractivity contribution < 1.29 is 21.6 Å². The van der Waals surface area contributed by atoms with Gasteiger partial charge in [-0.3, -0.25) is 4.79 Å². The molecule has 6 nitrogen and oxygen atoms in total. The molecule has 0 aromatic rings. The molecule has 20 heavy (non-hydrogen) atoms. The molecule has 1 saturated heterocycles. The molecule has 8 heteroatoms. The van der Waals surface area contributed by atoms with E-state index in [4.69, 9.17) is 0 Å².